The fourth-order valence-corrected chi connectivity index (χ4v) is 4.78. The van der Waals surface area contributed by atoms with Crippen LogP contribution in [0.4, 0.5) is 5.82 Å². The van der Waals surface area contributed by atoms with Crippen LogP contribution in [-0.4, -0.2) is 72.5 Å². The molecule has 1 N–H and O–H groups in total. The van der Waals surface area contributed by atoms with Gasteiger partial charge in [0.2, 0.25) is 5.91 Å². The molecule has 0 radical (unpaired) electrons. The van der Waals surface area contributed by atoms with Gasteiger partial charge in [-0.3, -0.25) is 9.59 Å². The number of ether oxygens (including phenoxy) is 1. The largest absolute Gasteiger partial charge is 0.376 e. The van der Waals surface area contributed by atoms with E-state index in [0.717, 1.165) is 64.9 Å². The van der Waals surface area contributed by atoms with Gasteiger partial charge in [0.1, 0.15) is 5.82 Å². The molecule has 7 heteroatoms. The minimum absolute atomic E-state index is 0.0665. The van der Waals surface area contributed by atoms with Crippen molar-refractivity contribution in [2.75, 3.05) is 45.2 Å². The van der Waals surface area contributed by atoms with Crippen molar-refractivity contribution in [1.82, 2.24) is 14.8 Å². The minimum atomic E-state index is 0.0665. The molecule has 1 aromatic heterocycles. The summed E-state index contributed by atoms with van der Waals surface area (Å²) in [5.41, 5.74) is 0.826. The molecule has 0 bridgehead atoms. The summed E-state index contributed by atoms with van der Waals surface area (Å²) < 4.78 is 5.74. The number of aromatic nitrogens is 1. The molecular formula is C21H30N4O3. The molecule has 4 rings (SSSR count). The van der Waals surface area contributed by atoms with Gasteiger partial charge >= 0.3 is 0 Å². The Kier molecular flexibility index (Phi) is 5.53. The average Bonchev–Trinajstić information content (AvgIpc) is 3.24. The monoisotopic (exact) mass is 386 g/mol. The lowest BCUT2D eigenvalue weighted by Crippen LogP contribution is -2.53. The second kappa shape index (κ2) is 8.07. The number of anilines is 1. The molecule has 3 fully saturated rings. The summed E-state index contributed by atoms with van der Waals surface area (Å²) in [6, 6.07) is 3.57. The van der Waals surface area contributed by atoms with Gasteiger partial charge in [0, 0.05) is 58.0 Å². The van der Waals surface area contributed by atoms with Crippen LogP contribution in [-0.2, 0) is 9.53 Å². The third-order valence-corrected chi connectivity index (χ3v) is 6.57. The van der Waals surface area contributed by atoms with Gasteiger partial charge in [-0.05, 0) is 49.7 Å². The van der Waals surface area contributed by atoms with Gasteiger partial charge in [-0.1, -0.05) is 0 Å². The van der Waals surface area contributed by atoms with E-state index < -0.39 is 0 Å². The highest BCUT2D eigenvalue weighted by Gasteiger charge is 2.42. The lowest BCUT2D eigenvalue weighted by atomic mass is 9.72. The van der Waals surface area contributed by atoms with E-state index in [1.54, 1.807) is 25.4 Å². The Hall–Kier alpha value is -2.15. The van der Waals surface area contributed by atoms with Crippen LogP contribution in [0.3, 0.4) is 0 Å². The van der Waals surface area contributed by atoms with Gasteiger partial charge in [0.15, 0.2) is 0 Å². The van der Waals surface area contributed by atoms with Crippen LogP contribution < -0.4 is 5.32 Å². The first kappa shape index (κ1) is 19.2. The van der Waals surface area contributed by atoms with Crippen LogP contribution in [0.15, 0.2) is 18.3 Å². The van der Waals surface area contributed by atoms with E-state index >= 15 is 0 Å². The summed E-state index contributed by atoms with van der Waals surface area (Å²) in [5, 5.41) is 2.98. The van der Waals surface area contributed by atoms with Crippen LogP contribution in [0, 0.1) is 5.41 Å². The number of likely N-dealkylation sites (tertiary alicyclic amines) is 2. The number of nitrogens with zero attached hydrogens (tertiary/aromatic N) is 3. The van der Waals surface area contributed by atoms with Crippen molar-refractivity contribution in [1.29, 1.82) is 0 Å². The molecule has 2 amide bonds. The zero-order valence-electron chi connectivity index (χ0n) is 16.7. The second-order valence-corrected chi connectivity index (χ2v) is 8.38. The third kappa shape index (κ3) is 3.99. The fraction of sp³-hybridized carbons (Fsp3) is 0.667. The first-order valence-electron chi connectivity index (χ1n) is 10.4. The Morgan fingerprint density at radius 3 is 2.89 bits per heavy atom. The number of hydrogen-bond acceptors (Lipinski definition) is 5. The number of hydrogen-bond donors (Lipinski definition) is 1. The number of carbonyl (C=O) groups is 2. The minimum Gasteiger partial charge on any atom is -0.376 e. The number of carbonyl (C=O) groups excluding carboxylic acids is 2. The summed E-state index contributed by atoms with van der Waals surface area (Å²) in [4.78, 5) is 33.4. The topological polar surface area (TPSA) is 74.8 Å². The molecule has 0 unspecified atom stereocenters. The highest BCUT2D eigenvalue weighted by atomic mass is 16.5. The van der Waals surface area contributed by atoms with Crippen molar-refractivity contribution in [3.63, 3.8) is 0 Å². The van der Waals surface area contributed by atoms with Crippen LogP contribution in [0.5, 0.6) is 0 Å². The van der Waals surface area contributed by atoms with Gasteiger partial charge in [0.25, 0.3) is 5.91 Å². The number of rotatable bonds is 4. The zero-order valence-corrected chi connectivity index (χ0v) is 16.7. The summed E-state index contributed by atoms with van der Waals surface area (Å²) in [6.45, 7) is 3.86. The predicted octanol–water partition coefficient (Wildman–Crippen LogP) is 2.15. The molecule has 0 aromatic carbocycles. The Labute approximate surface area is 166 Å². The predicted molar refractivity (Wildman–Crippen MR) is 106 cm³/mol. The molecule has 0 saturated carbocycles. The Morgan fingerprint density at radius 1 is 1.36 bits per heavy atom. The summed E-state index contributed by atoms with van der Waals surface area (Å²) in [7, 11) is 1.80. The van der Waals surface area contributed by atoms with E-state index in [-0.39, 0.29) is 23.3 Å². The molecule has 1 atom stereocenters. The maximum absolute atomic E-state index is 12.9. The summed E-state index contributed by atoms with van der Waals surface area (Å²) in [6.07, 6.45) is 7.49. The molecule has 1 aromatic rings. The normalized spacial score (nSPS) is 24.6. The Morgan fingerprint density at radius 2 is 2.18 bits per heavy atom. The van der Waals surface area contributed by atoms with Crippen molar-refractivity contribution >= 4 is 17.6 Å². The fourth-order valence-electron chi connectivity index (χ4n) is 4.78. The molecule has 3 aliphatic heterocycles. The van der Waals surface area contributed by atoms with Crippen LogP contribution in [0.1, 0.15) is 48.9 Å². The number of nitrogens with one attached hydrogen (secondary N) is 1. The second-order valence-electron chi connectivity index (χ2n) is 8.38. The molecule has 0 aliphatic carbocycles. The maximum Gasteiger partial charge on any atom is 0.254 e. The van der Waals surface area contributed by atoms with Crippen molar-refractivity contribution in [2.24, 2.45) is 5.41 Å². The first-order valence-corrected chi connectivity index (χ1v) is 10.4. The van der Waals surface area contributed by atoms with Crippen LogP contribution in [0.25, 0.3) is 0 Å². The highest BCUT2D eigenvalue weighted by Crippen LogP contribution is 2.40. The Balaban J connectivity index is 1.37. The standard InChI is InChI=1S/C21H30N4O3/c1-22-18-13-16(5-9-23-18)20(27)24-10-7-21(8-11-24)6-4-19(26)25(15-21)14-17-3-2-12-28-17/h5,9,13,17H,2-4,6-8,10-12,14-15H2,1H3,(H,22,23)/t17-/m1/s1. The SMILES string of the molecule is CNc1cc(C(=O)N2CCC3(CCC(=O)N(C[C@H]4CCCO4)C3)CC2)ccn1. The molecule has 3 saturated heterocycles. The molecule has 152 valence electrons. The lowest BCUT2D eigenvalue weighted by molar-refractivity contribution is -0.141. The molecule has 1 spiro atoms. The summed E-state index contributed by atoms with van der Waals surface area (Å²) in [5.74, 6) is 1.03. The quantitative estimate of drug-likeness (QED) is 0.858. The van der Waals surface area contributed by atoms with Crippen LogP contribution >= 0.6 is 0 Å². The average molecular weight is 386 g/mol. The summed E-state index contributed by atoms with van der Waals surface area (Å²) >= 11 is 0. The van der Waals surface area contributed by atoms with Crippen molar-refractivity contribution in [3.8, 4) is 0 Å². The van der Waals surface area contributed by atoms with E-state index in [4.69, 9.17) is 4.74 Å². The number of piperidine rings is 2. The lowest BCUT2D eigenvalue weighted by Gasteiger charge is -2.47. The van der Waals surface area contributed by atoms with Crippen molar-refractivity contribution in [2.45, 2.75) is 44.6 Å². The van der Waals surface area contributed by atoms with E-state index in [1.165, 1.54) is 0 Å². The highest BCUT2D eigenvalue weighted by molar-refractivity contribution is 5.94. The van der Waals surface area contributed by atoms with E-state index in [1.807, 2.05) is 9.80 Å². The maximum atomic E-state index is 12.9. The number of pyridine rings is 1. The molecule has 7 nitrogen and oxygen atoms in total. The molecule has 3 aliphatic rings. The smallest absolute Gasteiger partial charge is 0.254 e. The third-order valence-electron chi connectivity index (χ3n) is 6.57. The van der Waals surface area contributed by atoms with Crippen LogP contribution in [0.2, 0.25) is 0 Å². The molecule has 28 heavy (non-hydrogen) atoms. The van der Waals surface area contributed by atoms with Gasteiger partial charge in [-0.2, -0.15) is 0 Å². The van der Waals surface area contributed by atoms with Gasteiger partial charge in [0.05, 0.1) is 6.10 Å². The van der Waals surface area contributed by atoms with Crippen molar-refractivity contribution in [3.05, 3.63) is 23.9 Å². The zero-order chi connectivity index (χ0) is 19.6. The molecular weight excluding hydrogens is 356 g/mol. The van der Waals surface area contributed by atoms with Gasteiger partial charge in [-0.15, -0.1) is 0 Å². The number of amides is 2. The Bertz CT molecular complexity index is 724. The van der Waals surface area contributed by atoms with E-state index in [9.17, 15) is 9.59 Å². The van der Waals surface area contributed by atoms with Crippen molar-refractivity contribution < 1.29 is 14.3 Å². The first-order chi connectivity index (χ1) is 13.6. The van der Waals surface area contributed by atoms with E-state index in [2.05, 4.69) is 10.3 Å². The van der Waals surface area contributed by atoms with Gasteiger partial charge < -0.3 is 19.9 Å². The van der Waals surface area contributed by atoms with Gasteiger partial charge in [-0.25, -0.2) is 4.98 Å². The molecule has 4 heterocycles. The van der Waals surface area contributed by atoms with E-state index in [0.29, 0.717) is 17.8 Å².